The van der Waals surface area contributed by atoms with E-state index in [0.717, 1.165) is 10.9 Å². The summed E-state index contributed by atoms with van der Waals surface area (Å²) in [5.74, 6) is -0.244. The van der Waals surface area contributed by atoms with Gasteiger partial charge >= 0.3 is 0 Å². The van der Waals surface area contributed by atoms with Crippen molar-refractivity contribution in [2.45, 2.75) is 0 Å². The second-order valence-corrected chi connectivity index (χ2v) is 5.95. The molecule has 0 aliphatic heterocycles. The molecule has 1 heterocycles. The molecule has 0 fully saturated rings. The fourth-order valence-corrected chi connectivity index (χ4v) is 2.91. The molecule has 1 amide bonds. The quantitative estimate of drug-likeness (QED) is 0.593. The largest absolute Gasteiger partial charge is 0.322 e. The Morgan fingerprint density at radius 3 is 2.08 bits per heavy atom. The third-order valence-corrected chi connectivity index (χ3v) is 4.22. The van der Waals surface area contributed by atoms with Crippen molar-refractivity contribution in [3.05, 3.63) is 102 Å². The van der Waals surface area contributed by atoms with Crippen molar-refractivity contribution in [1.29, 1.82) is 0 Å². The van der Waals surface area contributed by atoms with Crippen molar-refractivity contribution in [1.82, 2.24) is 4.57 Å². The predicted molar refractivity (Wildman–Crippen MR) is 103 cm³/mol. The van der Waals surface area contributed by atoms with Crippen LogP contribution in [0.3, 0.4) is 0 Å². The molecule has 0 saturated carbocycles. The Morgan fingerprint density at radius 1 is 0.731 bits per heavy atom. The van der Waals surface area contributed by atoms with Crippen LogP contribution >= 0.6 is 0 Å². The Hall–Kier alpha value is -3.66. The number of anilines is 1. The molecular weight excluding hydrogens is 324 g/mol. The highest BCUT2D eigenvalue weighted by atomic mass is 16.2. The number of hydrogen-bond donors (Lipinski definition) is 1. The van der Waals surface area contributed by atoms with Gasteiger partial charge in [-0.15, -0.1) is 0 Å². The van der Waals surface area contributed by atoms with E-state index in [1.54, 1.807) is 41.1 Å². The van der Waals surface area contributed by atoms with E-state index in [0.29, 0.717) is 16.8 Å². The minimum atomic E-state index is -0.162. The fourth-order valence-electron chi connectivity index (χ4n) is 2.91. The molecule has 3 aromatic carbocycles. The number of carbonyl (C=O) groups is 2. The zero-order chi connectivity index (χ0) is 17.9. The molecule has 4 rings (SSSR count). The summed E-state index contributed by atoms with van der Waals surface area (Å²) in [6.45, 7) is 0. The van der Waals surface area contributed by atoms with E-state index in [4.69, 9.17) is 0 Å². The molecule has 4 nitrogen and oxygen atoms in total. The Morgan fingerprint density at radius 2 is 1.38 bits per heavy atom. The lowest BCUT2D eigenvalue weighted by Crippen LogP contribution is -2.12. The molecule has 4 aromatic rings. The van der Waals surface area contributed by atoms with Gasteiger partial charge in [-0.2, -0.15) is 0 Å². The Balaban J connectivity index is 1.62. The van der Waals surface area contributed by atoms with Crippen LogP contribution in [0.1, 0.15) is 20.7 Å². The van der Waals surface area contributed by atoms with E-state index >= 15 is 0 Å². The van der Waals surface area contributed by atoms with E-state index in [-0.39, 0.29) is 11.8 Å². The lowest BCUT2D eigenvalue weighted by atomic mass is 10.2. The van der Waals surface area contributed by atoms with Crippen LogP contribution in [0.25, 0.3) is 10.9 Å². The fraction of sp³-hybridized carbons (Fsp3) is 0. The predicted octanol–water partition coefficient (Wildman–Crippen LogP) is 4.58. The van der Waals surface area contributed by atoms with Gasteiger partial charge in [0.1, 0.15) is 0 Å². The first kappa shape index (κ1) is 15.8. The maximum atomic E-state index is 12.7. The summed E-state index contributed by atoms with van der Waals surface area (Å²) in [6.07, 6.45) is 1.75. The molecule has 0 aliphatic carbocycles. The number of nitrogens with one attached hydrogen (secondary N) is 1. The molecule has 0 radical (unpaired) electrons. The topological polar surface area (TPSA) is 51.1 Å². The number of hydrogen-bond acceptors (Lipinski definition) is 2. The maximum Gasteiger partial charge on any atom is 0.262 e. The Bertz CT molecular complexity index is 1080. The molecule has 0 spiro atoms. The molecule has 126 valence electrons. The van der Waals surface area contributed by atoms with Crippen molar-refractivity contribution in [3.63, 3.8) is 0 Å². The summed E-state index contributed by atoms with van der Waals surface area (Å²) in [5.41, 5.74) is 2.73. The van der Waals surface area contributed by atoms with Gasteiger partial charge in [0.15, 0.2) is 0 Å². The smallest absolute Gasteiger partial charge is 0.262 e. The zero-order valence-electron chi connectivity index (χ0n) is 13.9. The summed E-state index contributed by atoms with van der Waals surface area (Å²) >= 11 is 0. The zero-order valence-corrected chi connectivity index (χ0v) is 13.9. The van der Waals surface area contributed by atoms with E-state index < -0.39 is 0 Å². The first-order chi connectivity index (χ1) is 12.7. The van der Waals surface area contributed by atoms with E-state index in [1.165, 1.54) is 0 Å². The normalized spacial score (nSPS) is 10.6. The van der Waals surface area contributed by atoms with Crippen LogP contribution in [0.15, 0.2) is 91.1 Å². The third kappa shape index (κ3) is 3.00. The minimum absolute atomic E-state index is 0.0818. The van der Waals surface area contributed by atoms with Gasteiger partial charge in [0, 0.05) is 28.4 Å². The highest BCUT2D eigenvalue weighted by Gasteiger charge is 2.12. The molecule has 1 aromatic heterocycles. The number of amides is 1. The van der Waals surface area contributed by atoms with Crippen LogP contribution in [0, 0.1) is 0 Å². The van der Waals surface area contributed by atoms with Gasteiger partial charge < -0.3 is 5.32 Å². The Labute approximate surface area is 150 Å². The van der Waals surface area contributed by atoms with E-state index in [9.17, 15) is 9.59 Å². The number of nitrogens with zero attached hydrogens (tertiary/aromatic N) is 1. The number of fused-ring (bicyclic) bond motifs is 1. The van der Waals surface area contributed by atoms with Gasteiger partial charge in [0.2, 0.25) is 0 Å². The van der Waals surface area contributed by atoms with Crippen molar-refractivity contribution in [2.75, 3.05) is 5.32 Å². The van der Waals surface area contributed by atoms with Gasteiger partial charge in [-0.05, 0) is 48.5 Å². The average molecular weight is 340 g/mol. The van der Waals surface area contributed by atoms with Gasteiger partial charge in [0.25, 0.3) is 11.8 Å². The number of aromatic nitrogens is 1. The van der Waals surface area contributed by atoms with Crippen molar-refractivity contribution < 1.29 is 9.59 Å². The molecule has 26 heavy (non-hydrogen) atoms. The van der Waals surface area contributed by atoms with Crippen LogP contribution in [-0.4, -0.2) is 16.4 Å². The number of benzene rings is 3. The van der Waals surface area contributed by atoms with Crippen LogP contribution in [0.4, 0.5) is 5.69 Å². The van der Waals surface area contributed by atoms with E-state index in [1.807, 2.05) is 54.6 Å². The molecule has 0 aliphatic rings. The maximum absolute atomic E-state index is 12.7. The summed E-state index contributed by atoms with van der Waals surface area (Å²) in [4.78, 5) is 24.9. The summed E-state index contributed by atoms with van der Waals surface area (Å²) in [5, 5.41) is 3.78. The summed E-state index contributed by atoms with van der Waals surface area (Å²) in [7, 11) is 0. The van der Waals surface area contributed by atoms with Gasteiger partial charge in [-0.1, -0.05) is 36.4 Å². The first-order valence-electron chi connectivity index (χ1n) is 8.30. The number of carbonyl (C=O) groups excluding carboxylic acids is 2. The van der Waals surface area contributed by atoms with Gasteiger partial charge in [-0.3, -0.25) is 14.2 Å². The lowest BCUT2D eigenvalue weighted by Gasteiger charge is -2.07. The minimum Gasteiger partial charge on any atom is -0.322 e. The highest BCUT2D eigenvalue weighted by Crippen LogP contribution is 2.22. The molecule has 0 atom stereocenters. The van der Waals surface area contributed by atoms with Crippen LogP contribution in [0.2, 0.25) is 0 Å². The molecule has 0 bridgehead atoms. The molecular formula is C22H16N2O2. The van der Waals surface area contributed by atoms with Crippen molar-refractivity contribution in [3.8, 4) is 0 Å². The SMILES string of the molecule is O=C(Nc1ccc2c(ccn2C(=O)c2ccccc2)c1)c1ccccc1. The van der Waals surface area contributed by atoms with Gasteiger partial charge in [-0.25, -0.2) is 0 Å². The second kappa shape index (κ2) is 6.69. The van der Waals surface area contributed by atoms with E-state index in [2.05, 4.69) is 5.32 Å². The standard InChI is InChI=1S/C22H16N2O2/c25-21(16-7-3-1-4-8-16)23-19-11-12-20-18(15-19)13-14-24(20)22(26)17-9-5-2-6-10-17/h1-15H,(H,23,25). The van der Waals surface area contributed by atoms with Crippen molar-refractivity contribution >= 4 is 28.4 Å². The highest BCUT2D eigenvalue weighted by molar-refractivity contribution is 6.06. The lowest BCUT2D eigenvalue weighted by molar-refractivity contribution is 0.0964. The van der Waals surface area contributed by atoms with Gasteiger partial charge in [0.05, 0.1) is 5.52 Å². The van der Waals surface area contributed by atoms with Crippen LogP contribution in [0.5, 0.6) is 0 Å². The first-order valence-corrected chi connectivity index (χ1v) is 8.30. The molecule has 1 N–H and O–H groups in total. The van der Waals surface area contributed by atoms with Crippen LogP contribution < -0.4 is 5.32 Å². The second-order valence-electron chi connectivity index (χ2n) is 5.95. The summed E-state index contributed by atoms with van der Waals surface area (Å²) < 4.78 is 1.62. The molecule has 4 heteroatoms. The molecule has 0 unspecified atom stereocenters. The summed E-state index contributed by atoms with van der Waals surface area (Å²) in [6, 6.07) is 25.6. The van der Waals surface area contributed by atoms with Crippen LogP contribution in [-0.2, 0) is 0 Å². The van der Waals surface area contributed by atoms with Crippen molar-refractivity contribution in [2.24, 2.45) is 0 Å². The Kier molecular flexibility index (Phi) is 4.07. The monoisotopic (exact) mass is 340 g/mol. The average Bonchev–Trinajstić information content (AvgIpc) is 3.12. The third-order valence-electron chi connectivity index (χ3n) is 4.22. The molecule has 0 saturated heterocycles. The number of rotatable bonds is 3.